The van der Waals surface area contributed by atoms with E-state index in [9.17, 15) is 0 Å². The van der Waals surface area contributed by atoms with Crippen molar-refractivity contribution in [2.75, 3.05) is 24.5 Å². The lowest BCUT2D eigenvalue weighted by molar-refractivity contribution is 0.277. The quantitative estimate of drug-likeness (QED) is 0.844. The summed E-state index contributed by atoms with van der Waals surface area (Å²) in [5.41, 5.74) is 1.09. The molecular weight excluding hydrogens is 303 g/mol. The van der Waals surface area contributed by atoms with Gasteiger partial charge in [-0.2, -0.15) is 0 Å². The van der Waals surface area contributed by atoms with Crippen LogP contribution in [0.15, 0.2) is 18.2 Å². The van der Waals surface area contributed by atoms with Crippen LogP contribution in [-0.4, -0.2) is 25.7 Å². The second kappa shape index (κ2) is 7.21. The summed E-state index contributed by atoms with van der Waals surface area (Å²) in [6.45, 7) is 3.21. The number of nitrogens with one attached hydrogen (secondary N) is 1. The first kappa shape index (κ1) is 15.5. The molecule has 1 aromatic rings. The van der Waals surface area contributed by atoms with E-state index in [0.717, 1.165) is 37.7 Å². The Morgan fingerprint density at radius 2 is 1.86 bits per heavy atom. The summed E-state index contributed by atoms with van der Waals surface area (Å²) in [5, 5.41) is 5.12. The lowest BCUT2D eigenvalue weighted by atomic mass is 9.83. The van der Waals surface area contributed by atoms with Crippen LogP contribution in [0.1, 0.15) is 38.5 Å². The minimum Gasteiger partial charge on any atom is -0.369 e. The van der Waals surface area contributed by atoms with Crippen molar-refractivity contribution in [3.05, 3.63) is 28.2 Å². The van der Waals surface area contributed by atoms with Crippen LogP contribution >= 0.6 is 23.2 Å². The first-order chi connectivity index (χ1) is 10.3. The molecule has 0 bridgehead atoms. The van der Waals surface area contributed by atoms with E-state index in [-0.39, 0.29) is 0 Å². The lowest BCUT2D eigenvalue weighted by Gasteiger charge is -2.34. The van der Waals surface area contributed by atoms with Crippen molar-refractivity contribution >= 4 is 28.9 Å². The number of rotatable bonds is 2. The highest BCUT2D eigenvalue weighted by molar-refractivity contribution is 6.43. The SMILES string of the molecule is Clc1cccc(N2CCCNC(C3CCCCC3)C2)c1Cl. The first-order valence-electron chi connectivity index (χ1n) is 8.18. The largest absolute Gasteiger partial charge is 0.369 e. The highest BCUT2D eigenvalue weighted by Crippen LogP contribution is 2.34. The molecule has 1 aromatic carbocycles. The van der Waals surface area contributed by atoms with Crippen molar-refractivity contribution in [2.24, 2.45) is 5.92 Å². The van der Waals surface area contributed by atoms with E-state index < -0.39 is 0 Å². The molecule has 3 rings (SSSR count). The summed E-state index contributed by atoms with van der Waals surface area (Å²) in [6.07, 6.45) is 8.09. The van der Waals surface area contributed by atoms with Crippen LogP contribution in [0.5, 0.6) is 0 Å². The average Bonchev–Trinajstić information content (AvgIpc) is 2.77. The Hall–Kier alpha value is -0.440. The Morgan fingerprint density at radius 3 is 2.67 bits per heavy atom. The second-order valence-corrected chi connectivity index (χ2v) is 7.12. The number of hydrogen-bond donors (Lipinski definition) is 1. The average molecular weight is 327 g/mol. The summed E-state index contributed by atoms with van der Waals surface area (Å²) < 4.78 is 0. The van der Waals surface area contributed by atoms with Gasteiger partial charge in [-0.05, 0) is 43.9 Å². The molecule has 1 heterocycles. The van der Waals surface area contributed by atoms with Gasteiger partial charge in [-0.25, -0.2) is 0 Å². The third-order valence-corrected chi connectivity index (χ3v) is 5.73. The minimum atomic E-state index is 0.586. The number of benzene rings is 1. The molecule has 1 saturated heterocycles. The van der Waals surface area contributed by atoms with Gasteiger partial charge >= 0.3 is 0 Å². The molecule has 2 nitrogen and oxygen atoms in total. The normalized spacial score (nSPS) is 24.9. The molecule has 2 aliphatic rings. The molecule has 1 aliphatic carbocycles. The molecule has 4 heteroatoms. The Morgan fingerprint density at radius 1 is 1.05 bits per heavy atom. The molecule has 1 aliphatic heterocycles. The minimum absolute atomic E-state index is 0.586. The van der Waals surface area contributed by atoms with E-state index in [2.05, 4.69) is 16.3 Å². The summed E-state index contributed by atoms with van der Waals surface area (Å²) in [5.74, 6) is 0.817. The maximum atomic E-state index is 6.42. The zero-order valence-corrected chi connectivity index (χ0v) is 14.0. The first-order valence-corrected chi connectivity index (χ1v) is 8.93. The topological polar surface area (TPSA) is 15.3 Å². The van der Waals surface area contributed by atoms with Crippen molar-refractivity contribution in [3.63, 3.8) is 0 Å². The van der Waals surface area contributed by atoms with Crippen LogP contribution in [0.3, 0.4) is 0 Å². The van der Waals surface area contributed by atoms with Gasteiger partial charge in [0, 0.05) is 19.1 Å². The summed E-state index contributed by atoms with van der Waals surface area (Å²) >= 11 is 12.6. The molecule has 2 fully saturated rings. The van der Waals surface area contributed by atoms with Gasteiger partial charge in [0.25, 0.3) is 0 Å². The summed E-state index contributed by atoms with van der Waals surface area (Å²) in [4.78, 5) is 2.42. The fraction of sp³-hybridized carbons (Fsp3) is 0.647. The van der Waals surface area contributed by atoms with Gasteiger partial charge in [-0.15, -0.1) is 0 Å². The van der Waals surface area contributed by atoms with Gasteiger partial charge in [0.15, 0.2) is 0 Å². The Balaban J connectivity index is 1.76. The number of anilines is 1. The Labute approximate surface area is 137 Å². The van der Waals surface area contributed by atoms with Crippen LogP contribution in [-0.2, 0) is 0 Å². The molecule has 1 N–H and O–H groups in total. The zero-order chi connectivity index (χ0) is 14.7. The lowest BCUT2D eigenvalue weighted by Crippen LogP contribution is -2.43. The maximum absolute atomic E-state index is 6.42. The Kier molecular flexibility index (Phi) is 5.31. The van der Waals surface area contributed by atoms with Gasteiger partial charge in [0.05, 0.1) is 15.7 Å². The van der Waals surface area contributed by atoms with Crippen molar-refractivity contribution in [1.82, 2.24) is 5.32 Å². The molecule has 1 atom stereocenters. The standard InChI is InChI=1S/C17H24Cl2N2/c18-14-8-4-9-16(17(14)19)21-11-5-10-20-15(12-21)13-6-2-1-3-7-13/h4,8-9,13,15,20H,1-3,5-7,10-12H2. The molecule has 0 aromatic heterocycles. The second-order valence-electron chi connectivity index (χ2n) is 6.33. The third kappa shape index (κ3) is 3.67. The molecule has 1 unspecified atom stereocenters. The highest BCUT2D eigenvalue weighted by Gasteiger charge is 2.27. The van der Waals surface area contributed by atoms with E-state index in [1.165, 1.54) is 32.1 Å². The molecule has 116 valence electrons. The van der Waals surface area contributed by atoms with Crippen molar-refractivity contribution in [2.45, 2.75) is 44.6 Å². The fourth-order valence-corrected chi connectivity index (χ4v) is 4.17. The van der Waals surface area contributed by atoms with Gasteiger partial charge in [0.2, 0.25) is 0 Å². The number of halogens is 2. The molecule has 0 amide bonds. The Bertz CT molecular complexity index is 472. The van der Waals surface area contributed by atoms with Crippen molar-refractivity contribution < 1.29 is 0 Å². The van der Waals surface area contributed by atoms with E-state index >= 15 is 0 Å². The van der Waals surface area contributed by atoms with Crippen LogP contribution < -0.4 is 10.2 Å². The maximum Gasteiger partial charge on any atom is 0.0825 e. The van der Waals surface area contributed by atoms with Crippen molar-refractivity contribution in [1.29, 1.82) is 0 Å². The van der Waals surface area contributed by atoms with Crippen LogP contribution in [0.2, 0.25) is 10.0 Å². The molecule has 1 saturated carbocycles. The summed E-state index contributed by atoms with van der Waals surface area (Å²) in [7, 11) is 0. The molecule has 21 heavy (non-hydrogen) atoms. The zero-order valence-electron chi connectivity index (χ0n) is 12.5. The van der Waals surface area contributed by atoms with E-state index in [0.29, 0.717) is 16.1 Å². The smallest absolute Gasteiger partial charge is 0.0825 e. The van der Waals surface area contributed by atoms with E-state index in [1.54, 1.807) is 0 Å². The molecular formula is C17H24Cl2N2. The summed E-state index contributed by atoms with van der Waals surface area (Å²) in [6, 6.07) is 6.54. The molecule has 0 spiro atoms. The fourth-order valence-electron chi connectivity index (χ4n) is 3.76. The molecule has 0 radical (unpaired) electrons. The van der Waals surface area contributed by atoms with Gasteiger partial charge in [0.1, 0.15) is 0 Å². The number of hydrogen-bond acceptors (Lipinski definition) is 2. The monoisotopic (exact) mass is 326 g/mol. The highest BCUT2D eigenvalue weighted by atomic mass is 35.5. The van der Waals surface area contributed by atoms with E-state index in [1.807, 2.05) is 12.1 Å². The van der Waals surface area contributed by atoms with Crippen LogP contribution in [0.25, 0.3) is 0 Å². The predicted molar refractivity (Wildman–Crippen MR) is 91.7 cm³/mol. The van der Waals surface area contributed by atoms with Gasteiger partial charge < -0.3 is 10.2 Å². The van der Waals surface area contributed by atoms with Gasteiger partial charge in [-0.1, -0.05) is 48.5 Å². The van der Waals surface area contributed by atoms with E-state index in [4.69, 9.17) is 23.2 Å². The van der Waals surface area contributed by atoms with Crippen LogP contribution in [0.4, 0.5) is 5.69 Å². The van der Waals surface area contributed by atoms with Crippen molar-refractivity contribution in [3.8, 4) is 0 Å². The third-order valence-electron chi connectivity index (χ3n) is 4.92. The number of nitrogens with zero attached hydrogens (tertiary/aromatic N) is 1. The predicted octanol–water partition coefficient (Wildman–Crippen LogP) is 4.74. The van der Waals surface area contributed by atoms with Crippen LogP contribution in [0, 0.1) is 5.92 Å². The van der Waals surface area contributed by atoms with Gasteiger partial charge in [-0.3, -0.25) is 0 Å².